The molecule has 3 rings (SSSR count). The summed E-state index contributed by atoms with van der Waals surface area (Å²) < 4.78 is 6.62. The van der Waals surface area contributed by atoms with Crippen LogP contribution in [0, 0.1) is 0 Å². The molecule has 0 aliphatic rings. The molecule has 0 saturated carbocycles. The van der Waals surface area contributed by atoms with Crippen LogP contribution in [0.2, 0.25) is 5.02 Å². The first-order valence-corrected chi connectivity index (χ1v) is 6.58. The fraction of sp³-hybridized carbons (Fsp3) is 0. The highest BCUT2D eigenvalue weighted by Gasteiger charge is 2.07. The molecule has 3 aromatic rings. The highest BCUT2D eigenvalue weighted by Crippen LogP contribution is 2.28. The summed E-state index contributed by atoms with van der Waals surface area (Å²) in [6.07, 6.45) is 6.52. The molecule has 4 nitrogen and oxygen atoms in total. The Morgan fingerprint density at radius 2 is 2.00 bits per heavy atom. The number of aromatic nitrogens is 3. The van der Waals surface area contributed by atoms with Crippen LogP contribution >= 0.6 is 27.5 Å². The van der Waals surface area contributed by atoms with Crippen molar-refractivity contribution in [3.05, 3.63) is 52.5 Å². The van der Waals surface area contributed by atoms with Gasteiger partial charge in [-0.1, -0.05) is 11.6 Å². The lowest BCUT2D eigenvalue weighted by Gasteiger charge is -2.07. The van der Waals surface area contributed by atoms with Crippen LogP contribution in [-0.2, 0) is 0 Å². The predicted molar refractivity (Wildman–Crippen MR) is 76.6 cm³/mol. The molecule has 0 aliphatic carbocycles. The second-order valence-electron chi connectivity index (χ2n) is 3.77. The first kappa shape index (κ1) is 12.3. The molecule has 0 spiro atoms. The summed E-state index contributed by atoms with van der Waals surface area (Å²) in [6.45, 7) is 0. The van der Waals surface area contributed by atoms with Crippen molar-refractivity contribution < 1.29 is 4.74 Å². The third kappa shape index (κ3) is 2.67. The van der Waals surface area contributed by atoms with Gasteiger partial charge in [-0.15, -0.1) is 0 Å². The molecule has 3 aromatic heterocycles. The predicted octanol–water partition coefficient (Wildman–Crippen LogP) is 4.23. The molecule has 0 aliphatic heterocycles. The van der Waals surface area contributed by atoms with Crippen molar-refractivity contribution >= 4 is 38.6 Å². The number of pyridine rings is 3. The molecule has 94 valence electrons. The van der Waals surface area contributed by atoms with Crippen molar-refractivity contribution in [1.29, 1.82) is 0 Å². The van der Waals surface area contributed by atoms with E-state index in [9.17, 15) is 0 Å². The molecule has 0 unspecified atom stereocenters. The smallest absolute Gasteiger partial charge is 0.156 e. The van der Waals surface area contributed by atoms with E-state index in [1.807, 2.05) is 6.07 Å². The van der Waals surface area contributed by atoms with Crippen molar-refractivity contribution in [2.45, 2.75) is 0 Å². The van der Waals surface area contributed by atoms with Gasteiger partial charge in [-0.05, 0) is 22.0 Å². The summed E-state index contributed by atoms with van der Waals surface area (Å²) in [7, 11) is 0. The summed E-state index contributed by atoms with van der Waals surface area (Å²) in [6, 6.07) is 5.33. The Morgan fingerprint density at radius 3 is 2.84 bits per heavy atom. The molecular formula is C13H7BrClN3O. The summed E-state index contributed by atoms with van der Waals surface area (Å²) in [5.74, 6) is 1.17. The summed E-state index contributed by atoms with van der Waals surface area (Å²) >= 11 is 9.24. The van der Waals surface area contributed by atoms with E-state index in [-0.39, 0.29) is 0 Å². The fourth-order valence-corrected chi connectivity index (χ4v) is 2.12. The first-order valence-electron chi connectivity index (χ1n) is 5.41. The van der Waals surface area contributed by atoms with Crippen molar-refractivity contribution in [3.8, 4) is 11.5 Å². The third-order valence-electron chi connectivity index (χ3n) is 2.41. The van der Waals surface area contributed by atoms with Crippen LogP contribution in [0.5, 0.6) is 11.5 Å². The highest BCUT2D eigenvalue weighted by atomic mass is 79.9. The molecule has 0 amide bonds. The van der Waals surface area contributed by atoms with Crippen LogP contribution < -0.4 is 4.74 Å². The van der Waals surface area contributed by atoms with Gasteiger partial charge in [0.05, 0.1) is 16.7 Å². The minimum absolute atomic E-state index is 0.520. The van der Waals surface area contributed by atoms with Crippen LogP contribution in [0.1, 0.15) is 0 Å². The Hall–Kier alpha value is -1.72. The second-order valence-corrected chi connectivity index (χ2v) is 5.12. The lowest BCUT2D eigenvalue weighted by molar-refractivity contribution is 0.484. The Kier molecular flexibility index (Phi) is 3.31. The Labute approximate surface area is 122 Å². The second kappa shape index (κ2) is 5.11. The lowest BCUT2D eigenvalue weighted by Crippen LogP contribution is -1.90. The van der Waals surface area contributed by atoms with Crippen LogP contribution in [0.25, 0.3) is 11.0 Å². The van der Waals surface area contributed by atoms with Crippen molar-refractivity contribution in [3.63, 3.8) is 0 Å². The molecule has 0 saturated heterocycles. The van der Waals surface area contributed by atoms with Crippen LogP contribution in [0.15, 0.2) is 47.5 Å². The average Bonchev–Trinajstić information content (AvgIpc) is 2.38. The van der Waals surface area contributed by atoms with E-state index in [0.29, 0.717) is 22.0 Å². The van der Waals surface area contributed by atoms with E-state index in [1.54, 1.807) is 36.9 Å². The zero-order chi connectivity index (χ0) is 13.2. The number of nitrogens with zero attached hydrogens (tertiary/aromatic N) is 3. The number of hydrogen-bond acceptors (Lipinski definition) is 4. The van der Waals surface area contributed by atoms with E-state index in [2.05, 4.69) is 30.9 Å². The van der Waals surface area contributed by atoms with Gasteiger partial charge in [0.1, 0.15) is 11.3 Å². The van der Waals surface area contributed by atoms with Gasteiger partial charge < -0.3 is 4.74 Å². The molecule has 3 heterocycles. The summed E-state index contributed by atoms with van der Waals surface area (Å²) in [5, 5.41) is 0.520. The normalized spacial score (nSPS) is 10.6. The van der Waals surface area contributed by atoms with E-state index < -0.39 is 0 Å². The van der Waals surface area contributed by atoms with Gasteiger partial charge in [0.15, 0.2) is 5.75 Å². The number of halogens is 2. The molecule has 0 atom stereocenters. The van der Waals surface area contributed by atoms with Crippen LogP contribution in [0.4, 0.5) is 0 Å². The maximum atomic E-state index is 5.87. The molecule has 6 heteroatoms. The van der Waals surface area contributed by atoms with Crippen LogP contribution in [-0.4, -0.2) is 15.0 Å². The van der Waals surface area contributed by atoms with Gasteiger partial charge in [0, 0.05) is 35.2 Å². The Balaban J connectivity index is 2.06. The number of ether oxygens (including phenoxy) is 1. The lowest BCUT2D eigenvalue weighted by atomic mass is 10.3. The topological polar surface area (TPSA) is 47.9 Å². The minimum atomic E-state index is 0.520. The highest BCUT2D eigenvalue weighted by molar-refractivity contribution is 9.10. The summed E-state index contributed by atoms with van der Waals surface area (Å²) in [4.78, 5) is 12.5. The molecule has 0 radical (unpaired) electrons. The number of hydrogen-bond donors (Lipinski definition) is 0. The van der Waals surface area contributed by atoms with Gasteiger partial charge in [-0.25, -0.2) is 4.98 Å². The number of fused-ring (bicyclic) bond motifs is 1. The Morgan fingerprint density at radius 1 is 1.11 bits per heavy atom. The van der Waals surface area contributed by atoms with Gasteiger partial charge in [-0.3, -0.25) is 9.97 Å². The SMILES string of the molecule is Clc1cncc(Oc2ccnc3cc(Br)cnc23)c1. The van der Waals surface area contributed by atoms with Gasteiger partial charge in [0.2, 0.25) is 0 Å². The first-order chi connectivity index (χ1) is 9.22. The number of rotatable bonds is 2. The molecular weight excluding hydrogens is 330 g/mol. The molecule has 19 heavy (non-hydrogen) atoms. The zero-order valence-electron chi connectivity index (χ0n) is 9.55. The maximum absolute atomic E-state index is 5.87. The molecule has 0 N–H and O–H groups in total. The van der Waals surface area contributed by atoms with Gasteiger partial charge in [-0.2, -0.15) is 0 Å². The molecule has 0 bridgehead atoms. The zero-order valence-corrected chi connectivity index (χ0v) is 11.9. The van der Waals surface area contributed by atoms with E-state index in [4.69, 9.17) is 16.3 Å². The van der Waals surface area contributed by atoms with E-state index in [0.717, 1.165) is 9.99 Å². The maximum Gasteiger partial charge on any atom is 0.156 e. The van der Waals surface area contributed by atoms with E-state index >= 15 is 0 Å². The fourth-order valence-electron chi connectivity index (χ4n) is 1.64. The average molecular weight is 337 g/mol. The van der Waals surface area contributed by atoms with Gasteiger partial charge >= 0.3 is 0 Å². The Bertz CT molecular complexity index is 751. The monoisotopic (exact) mass is 335 g/mol. The molecule has 0 aromatic carbocycles. The quantitative estimate of drug-likeness (QED) is 0.702. The van der Waals surface area contributed by atoms with Gasteiger partial charge in [0.25, 0.3) is 0 Å². The summed E-state index contributed by atoms with van der Waals surface area (Å²) in [5.41, 5.74) is 1.44. The standard InChI is InChI=1S/C13H7BrClN3O/c14-8-3-11-13(18-5-8)12(1-2-17-11)19-10-4-9(15)6-16-7-10/h1-7H. The van der Waals surface area contributed by atoms with E-state index in [1.165, 1.54) is 0 Å². The minimum Gasteiger partial charge on any atom is -0.453 e. The van der Waals surface area contributed by atoms with Crippen molar-refractivity contribution in [2.75, 3.05) is 0 Å². The van der Waals surface area contributed by atoms with Crippen molar-refractivity contribution in [2.24, 2.45) is 0 Å². The largest absolute Gasteiger partial charge is 0.453 e. The van der Waals surface area contributed by atoms with Crippen LogP contribution in [0.3, 0.4) is 0 Å². The van der Waals surface area contributed by atoms with Crippen molar-refractivity contribution in [1.82, 2.24) is 15.0 Å². The third-order valence-corrected chi connectivity index (χ3v) is 3.06. The molecule has 0 fully saturated rings.